The van der Waals surface area contributed by atoms with Crippen LogP contribution in [-0.2, 0) is 4.79 Å². The van der Waals surface area contributed by atoms with E-state index < -0.39 is 0 Å². The maximum atomic E-state index is 12.1. The zero-order valence-electron chi connectivity index (χ0n) is 15.7. The highest BCUT2D eigenvalue weighted by atomic mass is 16.5. The first kappa shape index (κ1) is 19.6. The van der Waals surface area contributed by atoms with Gasteiger partial charge in [-0.3, -0.25) is 4.79 Å². The largest absolute Gasteiger partial charge is 0.493 e. The molecule has 1 aromatic heterocycles. The van der Waals surface area contributed by atoms with Crippen molar-refractivity contribution in [3.63, 3.8) is 0 Å². The molecule has 1 amide bonds. The lowest BCUT2D eigenvalue weighted by molar-refractivity contribution is -0.118. The van der Waals surface area contributed by atoms with Crippen LogP contribution in [0, 0.1) is 0 Å². The van der Waals surface area contributed by atoms with Crippen LogP contribution in [0.5, 0.6) is 11.5 Å². The number of aromatic nitrogens is 1. The van der Waals surface area contributed by atoms with Gasteiger partial charge in [-0.05, 0) is 37.1 Å². The number of pyridine rings is 1. The van der Waals surface area contributed by atoms with E-state index in [0.717, 1.165) is 31.7 Å². The van der Waals surface area contributed by atoms with Crippen LogP contribution in [0.15, 0.2) is 42.6 Å². The number of carbonyl (C=O) groups is 1. The summed E-state index contributed by atoms with van der Waals surface area (Å²) in [7, 11) is 1.57. The third-order valence-electron chi connectivity index (χ3n) is 3.77. The van der Waals surface area contributed by atoms with Gasteiger partial charge in [-0.25, -0.2) is 4.98 Å². The molecule has 0 fully saturated rings. The molecule has 2 rings (SSSR count). The van der Waals surface area contributed by atoms with Crippen LogP contribution in [0.4, 0.5) is 11.5 Å². The first-order valence-electron chi connectivity index (χ1n) is 8.94. The minimum Gasteiger partial charge on any atom is -0.493 e. The van der Waals surface area contributed by atoms with Gasteiger partial charge in [0, 0.05) is 13.1 Å². The van der Waals surface area contributed by atoms with Crippen LogP contribution in [0.2, 0.25) is 0 Å². The van der Waals surface area contributed by atoms with E-state index in [2.05, 4.69) is 29.0 Å². The van der Waals surface area contributed by atoms with Crippen molar-refractivity contribution in [3.05, 3.63) is 42.6 Å². The standard InChI is InChI=1S/C20H27N3O3/c1-4-12-23(13-5-2)19-11-10-16(14-21-19)22-20(24)15-26-18-9-7-6-8-17(18)25-3/h6-11,14H,4-5,12-13,15H2,1-3H3,(H,22,24). The number of ether oxygens (including phenoxy) is 2. The molecule has 140 valence electrons. The van der Waals surface area contributed by atoms with Gasteiger partial charge in [0.1, 0.15) is 5.82 Å². The lowest BCUT2D eigenvalue weighted by Gasteiger charge is -2.22. The minimum absolute atomic E-state index is 0.0973. The number of rotatable bonds is 10. The molecule has 0 radical (unpaired) electrons. The van der Waals surface area contributed by atoms with Gasteiger partial charge in [0.15, 0.2) is 18.1 Å². The van der Waals surface area contributed by atoms with Crippen molar-refractivity contribution in [1.29, 1.82) is 0 Å². The predicted molar refractivity (Wildman–Crippen MR) is 104 cm³/mol. The summed E-state index contributed by atoms with van der Waals surface area (Å²) in [6, 6.07) is 11.0. The number of hydrogen-bond donors (Lipinski definition) is 1. The van der Waals surface area contributed by atoms with Crippen LogP contribution in [0.25, 0.3) is 0 Å². The number of methoxy groups -OCH3 is 1. The van der Waals surface area contributed by atoms with E-state index in [9.17, 15) is 4.79 Å². The van der Waals surface area contributed by atoms with Crippen molar-refractivity contribution in [2.75, 3.05) is 37.0 Å². The smallest absolute Gasteiger partial charge is 0.262 e. The highest BCUT2D eigenvalue weighted by Gasteiger charge is 2.09. The predicted octanol–water partition coefficient (Wildman–Crippen LogP) is 3.73. The fraction of sp³-hybridized carbons (Fsp3) is 0.400. The lowest BCUT2D eigenvalue weighted by atomic mass is 10.3. The monoisotopic (exact) mass is 357 g/mol. The van der Waals surface area contributed by atoms with Crippen molar-refractivity contribution < 1.29 is 14.3 Å². The molecule has 0 bridgehead atoms. The second-order valence-corrected chi connectivity index (χ2v) is 5.88. The Morgan fingerprint density at radius 2 is 1.77 bits per heavy atom. The molecule has 0 saturated heterocycles. The Morgan fingerprint density at radius 3 is 2.35 bits per heavy atom. The molecule has 6 nitrogen and oxygen atoms in total. The van der Waals surface area contributed by atoms with E-state index in [1.165, 1.54) is 0 Å². The SMILES string of the molecule is CCCN(CCC)c1ccc(NC(=O)COc2ccccc2OC)cn1. The molecule has 0 aliphatic heterocycles. The first-order chi connectivity index (χ1) is 12.7. The molecule has 26 heavy (non-hydrogen) atoms. The van der Waals surface area contributed by atoms with E-state index in [0.29, 0.717) is 17.2 Å². The van der Waals surface area contributed by atoms with Gasteiger partial charge >= 0.3 is 0 Å². The van der Waals surface area contributed by atoms with Crippen molar-refractivity contribution in [1.82, 2.24) is 4.98 Å². The Kier molecular flexibility index (Phi) is 7.74. The maximum Gasteiger partial charge on any atom is 0.262 e. The second kappa shape index (κ2) is 10.3. The zero-order chi connectivity index (χ0) is 18.8. The summed E-state index contributed by atoms with van der Waals surface area (Å²) < 4.78 is 10.7. The molecule has 0 unspecified atom stereocenters. The van der Waals surface area contributed by atoms with Crippen molar-refractivity contribution >= 4 is 17.4 Å². The van der Waals surface area contributed by atoms with Crippen molar-refractivity contribution in [2.24, 2.45) is 0 Å². The fourth-order valence-electron chi connectivity index (χ4n) is 2.61. The molecule has 0 atom stereocenters. The highest BCUT2D eigenvalue weighted by molar-refractivity contribution is 5.91. The molecular formula is C20H27N3O3. The van der Waals surface area contributed by atoms with Crippen LogP contribution >= 0.6 is 0 Å². The average Bonchev–Trinajstić information content (AvgIpc) is 2.67. The molecular weight excluding hydrogens is 330 g/mol. The van der Waals surface area contributed by atoms with Crippen LogP contribution in [-0.4, -0.2) is 37.7 Å². The summed E-state index contributed by atoms with van der Waals surface area (Å²) >= 11 is 0. The van der Waals surface area contributed by atoms with Gasteiger partial charge in [-0.1, -0.05) is 26.0 Å². The van der Waals surface area contributed by atoms with Crippen LogP contribution < -0.4 is 19.7 Å². The van der Waals surface area contributed by atoms with Crippen molar-refractivity contribution in [2.45, 2.75) is 26.7 Å². The lowest BCUT2D eigenvalue weighted by Crippen LogP contribution is -2.26. The second-order valence-electron chi connectivity index (χ2n) is 5.88. The number of anilines is 2. The van der Waals surface area contributed by atoms with E-state index in [4.69, 9.17) is 9.47 Å². The van der Waals surface area contributed by atoms with Gasteiger partial charge in [0.25, 0.3) is 5.91 Å². The number of carbonyl (C=O) groups excluding carboxylic acids is 1. The van der Waals surface area contributed by atoms with Gasteiger partial charge in [-0.2, -0.15) is 0 Å². The Morgan fingerprint density at radius 1 is 1.08 bits per heavy atom. The molecule has 1 heterocycles. The van der Waals surface area contributed by atoms with E-state index in [1.807, 2.05) is 24.3 Å². The summed E-state index contributed by atoms with van der Waals surface area (Å²) in [5, 5.41) is 2.79. The third kappa shape index (κ3) is 5.65. The number of amides is 1. The van der Waals surface area contributed by atoms with Crippen LogP contribution in [0.1, 0.15) is 26.7 Å². The molecule has 0 aliphatic carbocycles. The summed E-state index contributed by atoms with van der Waals surface area (Å²) in [5.74, 6) is 1.81. The number of nitrogens with one attached hydrogen (secondary N) is 1. The van der Waals surface area contributed by atoms with Crippen molar-refractivity contribution in [3.8, 4) is 11.5 Å². The van der Waals surface area contributed by atoms with E-state index >= 15 is 0 Å². The first-order valence-corrected chi connectivity index (χ1v) is 8.94. The third-order valence-corrected chi connectivity index (χ3v) is 3.77. The summed E-state index contributed by atoms with van der Waals surface area (Å²) in [6.07, 6.45) is 3.82. The Balaban J connectivity index is 1.90. The quantitative estimate of drug-likeness (QED) is 0.702. The van der Waals surface area contributed by atoms with Gasteiger partial charge in [0.05, 0.1) is 19.0 Å². The zero-order valence-corrected chi connectivity index (χ0v) is 15.7. The Labute approximate surface area is 155 Å². The molecule has 0 spiro atoms. The van der Waals surface area contributed by atoms with Gasteiger partial charge < -0.3 is 19.7 Å². The Hall–Kier alpha value is -2.76. The number of para-hydroxylation sites is 2. The number of hydrogen-bond acceptors (Lipinski definition) is 5. The number of benzene rings is 1. The summed E-state index contributed by atoms with van der Waals surface area (Å²) in [4.78, 5) is 18.8. The molecule has 2 aromatic rings. The Bertz CT molecular complexity index is 683. The number of nitrogens with zero attached hydrogens (tertiary/aromatic N) is 2. The molecule has 6 heteroatoms. The fourth-order valence-corrected chi connectivity index (χ4v) is 2.61. The molecule has 1 N–H and O–H groups in total. The average molecular weight is 357 g/mol. The molecule has 0 saturated carbocycles. The van der Waals surface area contributed by atoms with Gasteiger partial charge in [0.2, 0.25) is 0 Å². The van der Waals surface area contributed by atoms with Crippen LogP contribution in [0.3, 0.4) is 0 Å². The highest BCUT2D eigenvalue weighted by Crippen LogP contribution is 2.25. The van der Waals surface area contributed by atoms with E-state index in [1.54, 1.807) is 25.4 Å². The topological polar surface area (TPSA) is 63.7 Å². The van der Waals surface area contributed by atoms with E-state index in [-0.39, 0.29) is 12.5 Å². The minimum atomic E-state index is -0.246. The summed E-state index contributed by atoms with van der Waals surface area (Å²) in [6.45, 7) is 6.15. The van der Waals surface area contributed by atoms with Gasteiger partial charge in [-0.15, -0.1) is 0 Å². The summed E-state index contributed by atoms with van der Waals surface area (Å²) in [5.41, 5.74) is 0.648. The maximum absolute atomic E-state index is 12.1. The molecule has 0 aliphatic rings. The molecule has 1 aromatic carbocycles. The normalized spacial score (nSPS) is 10.3.